The van der Waals surface area contributed by atoms with Gasteiger partial charge in [-0.05, 0) is 69.1 Å². The fraction of sp³-hybridized carbons (Fsp3) is 0.158. The molecule has 7 rings (SSSR count). The first-order chi connectivity index (χ1) is 21.5. The predicted molar refractivity (Wildman–Crippen MR) is 175 cm³/mol. The van der Waals surface area contributed by atoms with E-state index in [2.05, 4.69) is 87.3 Å². The normalized spacial score (nSPS) is 12.3. The van der Waals surface area contributed by atoms with Crippen LogP contribution < -0.4 is 0 Å². The molecule has 0 aliphatic heterocycles. The van der Waals surface area contributed by atoms with Crippen LogP contribution in [0.5, 0.6) is 5.75 Å². The van der Waals surface area contributed by atoms with E-state index in [4.69, 9.17) is 9.10 Å². The van der Waals surface area contributed by atoms with Gasteiger partial charge in [0.05, 0.1) is 16.6 Å². The van der Waals surface area contributed by atoms with Crippen molar-refractivity contribution in [2.24, 2.45) is 6.98 Å². The average Bonchev–Trinajstić information content (AvgIpc) is 3.40. The van der Waals surface area contributed by atoms with Crippen molar-refractivity contribution in [2.75, 3.05) is 0 Å². The molecule has 1 N–H and O–H groups in total. The Morgan fingerprint density at radius 1 is 0.860 bits per heavy atom. The van der Waals surface area contributed by atoms with Crippen molar-refractivity contribution in [3.63, 3.8) is 0 Å². The number of aromatic hydroxyl groups is 1. The molecule has 0 unspecified atom stereocenters. The van der Waals surface area contributed by atoms with Gasteiger partial charge in [0.2, 0.25) is 0 Å². The van der Waals surface area contributed by atoms with E-state index in [1.54, 1.807) is 42.5 Å². The zero-order valence-corrected chi connectivity index (χ0v) is 26.9. The number of hydrogen-bond donors (Lipinski definition) is 1. The Bertz CT molecular complexity index is 2170. The third-order valence-electron chi connectivity index (χ3n) is 7.53. The zero-order chi connectivity index (χ0) is 31.9. The number of phenolic OH excluding ortho intramolecular Hbond substituents is 1. The summed E-state index contributed by atoms with van der Waals surface area (Å²) in [5.74, 6) is 0.733. The molecule has 5 aromatic carbocycles. The first-order valence-electron chi connectivity index (χ1n) is 15.6. The standard InChI is InChI=1S/C24H22N.C14H12N2O.Ir/c1-15(2)22-14-18-9-10-25-24(19-12-16(3)11-17(4)13-19)23(18)21-8-6-5-7-20(21)22;1-16-12-8-4-3-7-11(12)15-14(16)10-6-2-5-9-13(10)17;/h5-12,14-15H,1-4H3;2-9,17H,1H3;/q-1;;/i;1D3;. The molecule has 0 aliphatic carbocycles. The van der Waals surface area contributed by atoms with Gasteiger partial charge in [-0.15, -0.1) is 34.9 Å². The number of nitrogens with zero attached hydrogens (tertiary/aromatic N) is 3. The molecule has 1 radical (unpaired) electrons. The number of imidazole rings is 1. The molecular weight excluding hydrogens is 707 g/mol. The summed E-state index contributed by atoms with van der Waals surface area (Å²) in [4.78, 5) is 9.11. The summed E-state index contributed by atoms with van der Waals surface area (Å²) in [5.41, 5.74) is 7.39. The second kappa shape index (κ2) is 12.5. The number of benzene rings is 5. The first kappa shape index (κ1) is 26.3. The molecular formula is C38H34IrN3O-. The average molecular weight is 744 g/mol. The van der Waals surface area contributed by atoms with Gasteiger partial charge in [-0.25, -0.2) is 4.98 Å². The van der Waals surface area contributed by atoms with E-state index in [0.717, 1.165) is 16.8 Å². The molecule has 5 heteroatoms. The largest absolute Gasteiger partial charge is 0.507 e. The van der Waals surface area contributed by atoms with Gasteiger partial charge in [0.25, 0.3) is 0 Å². The van der Waals surface area contributed by atoms with Crippen LogP contribution in [0, 0.1) is 19.9 Å². The number of aromatic nitrogens is 3. The van der Waals surface area contributed by atoms with Gasteiger partial charge < -0.3 is 14.7 Å². The van der Waals surface area contributed by atoms with Crippen LogP contribution in [-0.4, -0.2) is 19.6 Å². The van der Waals surface area contributed by atoms with Crippen molar-refractivity contribution >= 4 is 32.6 Å². The second-order valence-corrected chi connectivity index (χ2v) is 11.0. The molecule has 7 aromatic rings. The van der Waals surface area contributed by atoms with Crippen molar-refractivity contribution in [1.29, 1.82) is 0 Å². The van der Waals surface area contributed by atoms with Crippen LogP contribution in [0.15, 0.2) is 103 Å². The van der Waals surface area contributed by atoms with Gasteiger partial charge in [0.15, 0.2) is 0 Å². The van der Waals surface area contributed by atoms with E-state index in [-0.39, 0.29) is 31.7 Å². The molecule has 0 saturated heterocycles. The van der Waals surface area contributed by atoms with E-state index in [1.807, 2.05) is 6.20 Å². The summed E-state index contributed by atoms with van der Waals surface area (Å²) in [6.45, 7) is 6.37. The number of para-hydroxylation sites is 3. The van der Waals surface area contributed by atoms with Gasteiger partial charge in [-0.2, -0.15) is 0 Å². The van der Waals surface area contributed by atoms with Crippen molar-refractivity contribution in [3.8, 4) is 28.4 Å². The number of hydrogen-bond acceptors (Lipinski definition) is 3. The molecule has 0 atom stereocenters. The van der Waals surface area contributed by atoms with Gasteiger partial charge >= 0.3 is 0 Å². The molecule has 0 aliphatic rings. The molecule has 0 bridgehead atoms. The topological polar surface area (TPSA) is 50.9 Å². The molecule has 0 fully saturated rings. The van der Waals surface area contributed by atoms with E-state index in [0.29, 0.717) is 22.5 Å². The minimum atomic E-state index is -2.37. The number of aryl methyl sites for hydroxylation is 3. The molecule has 2 heterocycles. The van der Waals surface area contributed by atoms with Crippen LogP contribution in [0.3, 0.4) is 0 Å². The monoisotopic (exact) mass is 744 g/mol. The summed E-state index contributed by atoms with van der Waals surface area (Å²) >= 11 is 0. The van der Waals surface area contributed by atoms with E-state index < -0.39 is 6.98 Å². The van der Waals surface area contributed by atoms with Crippen LogP contribution in [0.25, 0.3) is 55.2 Å². The summed E-state index contributed by atoms with van der Waals surface area (Å²) in [6.07, 6.45) is 1.92. The number of fused-ring (bicyclic) bond motifs is 4. The fourth-order valence-electron chi connectivity index (χ4n) is 5.65. The van der Waals surface area contributed by atoms with Crippen LogP contribution in [0.2, 0.25) is 0 Å². The van der Waals surface area contributed by atoms with Gasteiger partial charge in [-0.1, -0.05) is 82.3 Å². The molecule has 0 spiro atoms. The molecule has 217 valence electrons. The summed E-state index contributed by atoms with van der Waals surface area (Å²) in [6, 6.07) is 34.6. The molecule has 4 nitrogen and oxygen atoms in total. The Labute approximate surface area is 270 Å². The Kier molecular flexibility index (Phi) is 7.66. The number of pyridine rings is 1. The maximum absolute atomic E-state index is 9.94. The SMILES string of the molecule is Cc1[c-]c(-c2nccc3cc(C(C)C)c4ccccc4c23)cc(C)c1.[2H]C([2H])([2H])n1c(-c2ccccc2O)nc2ccccc21.[Ir]. The Morgan fingerprint density at radius 3 is 2.33 bits per heavy atom. The Balaban J connectivity index is 0.000000182. The van der Waals surface area contributed by atoms with Crippen molar-refractivity contribution in [3.05, 3.63) is 126 Å². The fourth-order valence-corrected chi connectivity index (χ4v) is 5.65. The van der Waals surface area contributed by atoms with Crippen LogP contribution in [-0.2, 0) is 27.1 Å². The second-order valence-electron chi connectivity index (χ2n) is 11.0. The Morgan fingerprint density at radius 2 is 1.58 bits per heavy atom. The van der Waals surface area contributed by atoms with E-state index in [9.17, 15) is 5.11 Å². The number of phenols is 1. The molecule has 0 amide bonds. The molecule has 2 aromatic heterocycles. The summed E-state index contributed by atoms with van der Waals surface area (Å²) < 4.78 is 24.3. The van der Waals surface area contributed by atoms with E-state index >= 15 is 0 Å². The van der Waals surface area contributed by atoms with Gasteiger partial charge in [-0.3, -0.25) is 0 Å². The third kappa shape index (κ3) is 5.84. The van der Waals surface area contributed by atoms with E-state index in [1.165, 1.54) is 43.3 Å². The molecule has 0 saturated carbocycles. The number of rotatable bonds is 3. The van der Waals surface area contributed by atoms with Crippen molar-refractivity contribution in [2.45, 2.75) is 33.6 Å². The predicted octanol–water partition coefficient (Wildman–Crippen LogP) is 9.54. The Hall–Kier alpha value is -4.31. The smallest absolute Gasteiger partial charge is 0.144 e. The van der Waals surface area contributed by atoms with Crippen molar-refractivity contribution in [1.82, 2.24) is 14.5 Å². The maximum Gasteiger partial charge on any atom is 0.144 e. The minimum Gasteiger partial charge on any atom is -0.507 e. The van der Waals surface area contributed by atoms with Crippen molar-refractivity contribution < 1.29 is 29.3 Å². The molecule has 43 heavy (non-hydrogen) atoms. The summed E-state index contributed by atoms with van der Waals surface area (Å²) in [5, 5.41) is 15.0. The summed E-state index contributed by atoms with van der Waals surface area (Å²) in [7, 11) is 0. The van der Waals surface area contributed by atoms with Crippen LogP contribution in [0.1, 0.15) is 40.6 Å². The maximum atomic E-state index is 9.94. The van der Waals surface area contributed by atoms with Gasteiger partial charge in [0, 0.05) is 37.4 Å². The van der Waals surface area contributed by atoms with Gasteiger partial charge in [0.1, 0.15) is 11.6 Å². The third-order valence-corrected chi connectivity index (χ3v) is 7.53. The zero-order valence-electron chi connectivity index (χ0n) is 27.5. The first-order valence-corrected chi connectivity index (χ1v) is 14.1. The van der Waals surface area contributed by atoms with Crippen LogP contribution in [0.4, 0.5) is 0 Å². The minimum absolute atomic E-state index is 0. The quantitative estimate of drug-likeness (QED) is 0.145. The van der Waals surface area contributed by atoms with Crippen LogP contribution >= 0.6 is 0 Å².